The monoisotopic (exact) mass is 289 g/mol. The lowest BCUT2D eigenvalue weighted by atomic mass is 10.1. The van der Waals surface area contributed by atoms with Gasteiger partial charge in [-0.1, -0.05) is 0 Å². The summed E-state index contributed by atoms with van der Waals surface area (Å²) in [4.78, 5) is 44.0. The molecule has 0 bridgehead atoms. The third kappa shape index (κ3) is 6.69. The Hall–Kier alpha value is -2.16. The first-order chi connectivity index (χ1) is 9.15. The van der Waals surface area contributed by atoms with Gasteiger partial charge >= 0.3 is 11.9 Å². The molecule has 0 unspecified atom stereocenters. The van der Waals surface area contributed by atoms with Crippen molar-refractivity contribution in [2.75, 3.05) is 0 Å². The van der Waals surface area contributed by atoms with Crippen LogP contribution in [0, 0.1) is 0 Å². The van der Waals surface area contributed by atoms with E-state index in [1.165, 1.54) is 13.8 Å². The molecule has 114 valence electrons. The van der Waals surface area contributed by atoms with Gasteiger partial charge < -0.3 is 26.6 Å². The first kappa shape index (κ1) is 17.8. The third-order valence-corrected chi connectivity index (χ3v) is 2.50. The smallest absolute Gasteiger partial charge is 0.325 e. The number of carbonyl (C=O) groups excluding carboxylic acids is 2. The van der Waals surface area contributed by atoms with Crippen molar-refractivity contribution in [2.45, 2.75) is 44.8 Å². The van der Waals surface area contributed by atoms with Crippen LogP contribution in [0.5, 0.6) is 0 Å². The normalized spacial score (nSPS) is 14.8. The van der Waals surface area contributed by atoms with Gasteiger partial charge in [-0.15, -0.1) is 0 Å². The van der Waals surface area contributed by atoms with E-state index in [2.05, 4.69) is 10.6 Å². The number of rotatable bonds is 8. The lowest BCUT2D eigenvalue weighted by Gasteiger charge is -2.16. The van der Waals surface area contributed by atoms with Crippen molar-refractivity contribution >= 4 is 23.8 Å². The Balaban J connectivity index is 4.15. The van der Waals surface area contributed by atoms with Crippen LogP contribution in [-0.4, -0.2) is 52.1 Å². The van der Waals surface area contributed by atoms with Crippen LogP contribution >= 0.6 is 0 Å². The number of hydrogen-bond donors (Lipinski definition) is 5. The summed E-state index contributed by atoms with van der Waals surface area (Å²) < 4.78 is 0. The van der Waals surface area contributed by atoms with Crippen LogP contribution in [0.3, 0.4) is 0 Å². The van der Waals surface area contributed by atoms with Crippen molar-refractivity contribution in [3.8, 4) is 0 Å². The van der Waals surface area contributed by atoms with Crippen LogP contribution < -0.4 is 16.4 Å². The molecule has 0 saturated carbocycles. The summed E-state index contributed by atoms with van der Waals surface area (Å²) in [6.07, 6.45) is -0.194. The van der Waals surface area contributed by atoms with Crippen molar-refractivity contribution in [3.63, 3.8) is 0 Å². The number of amides is 2. The van der Waals surface area contributed by atoms with Gasteiger partial charge in [-0.2, -0.15) is 0 Å². The molecule has 0 rings (SSSR count). The van der Waals surface area contributed by atoms with Crippen molar-refractivity contribution in [2.24, 2.45) is 5.73 Å². The molecule has 0 heterocycles. The summed E-state index contributed by atoms with van der Waals surface area (Å²) in [6, 6.07) is -3.13. The van der Waals surface area contributed by atoms with Crippen LogP contribution in [0.4, 0.5) is 0 Å². The molecule has 0 aromatic heterocycles. The molecular formula is C11H19N3O6. The average molecular weight is 289 g/mol. The first-order valence-electron chi connectivity index (χ1n) is 5.96. The minimum Gasteiger partial charge on any atom is -0.480 e. The van der Waals surface area contributed by atoms with Gasteiger partial charge in [0.1, 0.15) is 18.1 Å². The Kier molecular flexibility index (Phi) is 7.22. The van der Waals surface area contributed by atoms with Crippen molar-refractivity contribution in [1.29, 1.82) is 0 Å². The van der Waals surface area contributed by atoms with Gasteiger partial charge in [0.2, 0.25) is 11.8 Å². The number of nitrogens with two attached hydrogens (primary N) is 1. The van der Waals surface area contributed by atoms with Crippen molar-refractivity contribution in [3.05, 3.63) is 0 Å². The van der Waals surface area contributed by atoms with E-state index >= 15 is 0 Å². The lowest BCUT2D eigenvalue weighted by Crippen LogP contribution is -2.49. The zero-order valence-electron chi connectivity index (χ0n) is 11.3. The lowest BCUT2D eigenvalue weighted by molar-refractivity contribution is -0.141. The molecule has 3 atom stereocenters. The highest BCUT2D eigenvalue weighted by molar-refractivity contribution is 5.90. The van der Waals surface area contributed by atoms with Crippen molar-refractivity contribution in [1.82, 2.24) is 10.6 Å². The molecule has 0 saturated heterocycles. The molecule has 0 radical (unpaired) electrons. The van der Waals surface area contributed by atoms with Gasteiger partial charge in [0.15, 0.2) is 0 Å². The molecule has 20 heavy (non-hydrogen) atoms. The second-order valence-corrected chi connectivity index (χ2v) is 4.34. The second-order valence-electron chi connectivity index (χ2n) is 4.34. The van der Waals surface area contributed by atoms with Crippen LogP contribution in [-0.2, 0) is 19.2 Å². The number of nitrogens with one attached hydrogen (secondary N) is 2. The van der Waals surface area contributed by atoms with E-state index in [0.717, 1.165) is 0 Å². The highest BCUT2D eigenvalue weighted by Gasteiger charge is 2.21. The fourth-order valence-corrected chi connectivity index (χ4v) is 1.19. The van der Waals surface area contributed by atoms with Crippen LogP contribution in [0.15, 0.2) is 0 Å². The maximum atomic E-state index is 11.5. The van der Waals surface area contributed by atoms with E-state index in [1.807, 2.05) is 0 Å². The summed E-state index contributed by atoms with van der Waals surface area (Å²) in [5.74, 6) is -3.58. The van der Waals surface area contributed by atoms with Crippen LogP contribution in [0.1, 0.15) is 26.7 Å². The minimum atomic E-state index is -1.21. The Morgan fingerprint density at radius 1 is 1.00 bits per heavy atom. The zero-order valence-corrected chi connectivity index (χ0v) is 11.3. The fourth-order valence-electron chi connectivity index (χ4n) is 1.19. The Morgan fingerprint density at radius 2 is 1.55 bits per heavy atom. The molecule has 9 heteroatoms. The maximum absolute atomic E-state index is 11.5. The molecule has 6 N–H and O–H groups in total. The van der Waals surface area contributed by atoms with Gasteiger partial charge in [0, 0.05) is 6.42 Å². The molecule has 0 aromatic rings. The molecule has 0 aromatic carbocycles. The summed E-state index contributed by atoms with van der Waals surface area (Å²) in [5.41, 5.74) is 5.23. The first-order valence-corrected chi connectivity index (χ1v) is 5.96. The quantitative estimate of drug-likeness (QED) is 0.355. The van der Waals surface area contributed by atoms with Crippen LogP contribution in [0.2, 0.25) is 0 Å². The van der Waals surface area contributed by atoms with Crippen LogP contribution in [0.25, 0.3) is 0 Å². The summed E-state index contributed by atoms with van der Waals surface area (Å²) in [7, 11) is 0. The number of aliphatic carboxylic acids is 2. The summed E-state index contributed by atoms with van der Waals surface area (Å²) >= 11 is 0. The molecule has 0 fully saturated rings. The van der Waals surface area contributed by atoms with Gasteiger partial charge in [-0.25, -0.2) is 0 Å². The second kappa shape index (κ2) is 8.10. The maximum Gasteiger partial charge on any atom is 0.325 e. The van der Waals surface area contributed by atoms with E-state index in [4.69, 9.17) is 15.9 Å². The summed E-state index contributed by atoms with van der Waals surface area (Å²) in [5, 5.41) is 21.7. The molecule has 2 amide bonds. The Labute approximate surface area is 115 Å². The Morgan fingerprint density at radius 3 is 2.00 bits per heavy atom. The topological polar surface area (TPSA) is 159 Å². The predicted octanol–water partition coefficient (Wildman–Crippen LogP) is -1.73. The number of carbonyl (C=O) groups is 4. The predicted molar refractivity (Wildman–Crippen MR) is 67.7 cm³/mol. The van der Waals surface area contributed by atoms with Gasteiger partial charge in [-0.05, 0) is 20.3 Å². The number of carboxylic acids is 2. The standard InChI is InChI=1S/C11H19N3O6/c1-5(9(16)14-6(2)10(17)18)13-8(15)4-3-7(12)11(19)20/h5-7H,3-4,12H2,1-2H3,(H,13,15)(H,14,16)(H,17,18)(H,19,20)/t5-,6-,7-/m1/s1. The largest absolute Gasteiger partial charge is 0.480 e. The SMILES string of the molecule is C[C@@H](NC(=O)[C@@H](C)NC(=O)CC[C@@H](N)C(=O)O)C(=O)O. The zero-order chi connectivity index (χ0) is 15.9. The van der Waals surface area contributed by atoms with E-state index in [9.17, 15) is 19.2 Å². The fraction of sp³-hybridized carbons (Fsp3) is 0.636. The molecule has 9 nitrogen and oxygen atoms in total. The van der Waals surface area contributed by atoms with Gasteiger partial charge in [0.05, 0.1) is 0 Å². The van der Waals surface area contributed by atoms with Crippen molar-refractivity contribution < 1.29 is 29.4 Å². The number of hydrogen-bond acceptors (Lipinski definition) is 5. The highest BCUT2D eigenvalue weighted by Crippen LogP contribution is 1.96. The van der Waals surface area contributed by atoms with E-state index in [0.29, 0.717) is 0 Å². The Bertz CT molecular complexity index is 398. The van der Waals surface area contributed by atoms with E-state index < -0.39 is 41.9 Å². The van der Waals surface area contributed by atoms with Gasteiger partial charge in [-0.3, -0.25) is 19.2 Å². The third-order valence-electron chi connectivity index (χ3n) is 2.50. The highest BCUT2D eigenvalue weighted by atomic mass is 16.4. The molecule has 0 aliphatic heterocycles. The average Bonchev–Trinajstić information content (AvgIpc) is 2.35. The minimum absolute atomic E-state index is 0.0545. The molecular weight excluding hydrogens is 270 g/mol. The molecule has 0 spiro atoms. The molecule has 0 aliphatic rings. The number of carboxylic acid groups (broad SMARTS) is 2. The van der Waals surface area contributed by atoms with Gasteiger partial charge in [0.25, 0.3) is 0 Å². The summed E-state index contributed by atoms with van der Waals surface area (Å²) in [6.45, 7) is 2.68. The molecule has 0 aliphatic carbocycles. The van der Waals surface area contributed by atoms with E-state index in [-0.39, 0.29) is 12.8 Å². The van der Waals surface area contributed by atoms with E-state index in [1.54, 1.807) is 0 Å².